The summed E-state index contributed by atoms with van der Waals surface area (Å²) in [6.07, 6.45) is 6.37. The third kappa shape index (κ3) is 4.22. The van der Waals surface area contributed by atoms with Crippen LogP contribution in [-0.2, 0) is 4.74 Å². The lowest BCUT2D eigenvalue weighted by Gasteiger charge is -2.41. The van der Waals surface area contributed by atoms with Gasteiger partial charge in [-0.15, -0.1) is 0 Å². The van der Waals surface area contributed by atoms with E-state index in [1.807, 2.05) is 0 Å². The second-order valence-electron chi connectivity index (χ2n) is 6.43. The average Bonchev–Trinajstić information content (AvgIpc) is 2.38. The first kappa shape index (κ1) is 14.3. The lowest BCUT2D eigenvalue weighted by Crippen LogP contribution is -2.47. The minimum atomic E-state index is 0.502. The molecule has 2 saturated heterocycles. The summed E-state index contributed by atoms with van der Waals surface area (Å²) < 4.78 is 5.49. The van der Waals surface area contributed by atoms with Crippen molar-refractivity contribution >= 4 is 0 Å². The van der Waals surface area contributed by atoms with Crippen LogP contribution < -0.4 is 5.32 Å². The van der Waals surface area contributed by atoms with E-state index in [0.717, 1.165) is 19.3 Å². The Morgan fingerprint density at radius 2 is 1.89 bits per heavy atom. The first-order valence-corrected chi connectivity index (χ1v) is 7.75. The van der Waals surface area contributed by atoms with Crippen LogP contribution in [0.15, 0.2) is 0 Å². The van der Waals surface area contributed by atoms with Gasteiger partial charge >= 0.3 is 0 Å². The van der Waals surface area contributed by atoms with Crippen molar-refractivity contribution < 1.29 is 4.74 Å². The molecule has 2 fully saturated rings. The van der Waals surface area contributed by atoms with Gasteiger partial charge < -0.3 is 15.0 Å². The summed E-state index contributed by atoms with van der Waals surface area (Å²) in [5.74, 6) is 0. The summed E-state index contributed by atoms with van der Waals surface area (Å²) in [5, 5.41) is 3.66. The van der Waals surface area contributed by atoms with Gasteiger partial charge in [-0.25, -0.2) is 0 Å². The third-order valence-electron chi connectivity index (χ3n) is 4.58. The van der Waals surface area contributed by atoms with E-state index in [1.165, 1.54) is 58.3 Å². The van der Waals surface area contributed by atoms with E-state index < -0.39 is 0 Å². The molecule has 2 aliphatic heterocycles. The molecule has 106 valence electrons. The minimum absolute atomic E-state index is 0.502. The van der Waals surface area contributed by atoms with Gasteiger partial charge in [-0.05, 0) is 57.2 Å². The Morgan fingerprint density at radius 3 is 2.50 bits per heavy atom. The molecule has 0 aromatic carbocycles. The number of piperidine rings is 1. The van der Waals surface area contributed by atoms with Crippen molar-refractivity contribution in [2.45, 2.75) is 52.0 Å². The molecule has 2 heterocycles. The van der Waals surface area contributed by atoms with Gasteiger partial charge in [0.25, 0.3) is 0 Å². The Hall–Kier alpha value is -0.120. The number of nitrogens with zero attached hydrogens (tertiary/aromatic N) is 1. The van der Waals surface area contributed by atoms with Crippen LogP contribution in [0, 0.1) is 5.41 Å². The molecule has 0 aliphatic carbocycles. The maximum atomic E-state index is 5.49. The van der Waals surface area contributed by atoms with Crippen LogP contribution in [0.25, 0.3) is 0 Å². The molecule has 0 aromatic heterocycles. The zero-order valence-electron chi connectivity index (χ0n) is 12.2. The first-order chi connectivity index (χ1) is 8.72. The van der Waals surface area contributed by atoms with Crippen molar-refractivity contribution in [1.29, 1.82) is 0 Å². The van der Waals surface area contributed by atoms with Crippen molar-refractivity contribution in [3.8, 4) is 0 Å². The van der Waals surface area contributed by atoms with Gasteiger partial charge in [-0.2, -0.15) is 0 Å². The van der Waals surface area contributed by atoms with Gasteiger partial charge in [0, 0.05) is 25.8 Å². The predicted octanol–water partition coefficient (Wildman–Crippen LogP) is 2.27. The van der Waals surface area contributed by atoms with Crippen LogP contribution in [0.4, 0.5) is 0 Å². The summed E-state index contributed by atoms with van der Waals surface area (Å²) in [4.78, 5) is 2.68. The second-order valence-corrected chi connectivity index (χ2v) is 6.43. The van der Waals surface area contributed by atoms with Crippen LogP contribution in [0.2, 0.25) is 0 Å². The van der Waals surface area contributed by atoms with Crippen LogP contribution in [-0.4, -0.2) is 50.3 Å². The summed E-state index contributed by atoms with van der Waals surface area (Å²) in [7, 11) is 0. The smallest absolute Gasteiger partial charge is 0.0471 e. The maximum absolute atomic E-state index is 5.49. The van der Waals surface area contributed by atoms with Gasteiger partial charge in [-0.3, -0.25) is 0 Å². The number of likely N-dealkylation sites (tertiary alicyclic amines) is 1. The quantitative estimate of drug-likeness (QED) is 0.814. The normalized spacial score (nSPS) is 26.3. The largest absolute Gasteiger partial charge is 0.381 e. The molecular weight excluding hydrogens is 224 g/mol. The second kappa shape index (κ2) is 6.88. The zero-order valence-corrected chi connectivity index (χ0v) is 12.2. The number of nitrogens with one attached hydrogen (secondary N) is 1. The average molecular weight is 254 g/mol. The molecule has 0 atom stereocenters. The predicted molar refractivity (Wildman–Crippen MR) is 75.9 cm³/mol. The van der Waals surface area contributed by atoms with E-state index in [1.54, 1.807) is 0 Å². The molecule has 0 amide bonds. The summed E-state index contributed by atoms with van der Waals surface area (Å²) in [6.45, 7) is 11.6. The molecule has 2 aliphatic rings. The molecule has 3 nitrogen and oxygen atoms in total. The third-order valence-corrected chi connectivity index (χ3v) is 4.58. The van der Waals surface area contributed by atoms with E-state index in [2.05, 4.69) is 24.1 Å². The lowest BCUT2D eigenvalue weighted by atomic mass is 9.81. The SMILES string of the molecule is CCCNC1CCN(CC2(C)CCOCC2)CC1. The van der Waals surface area contributed by atoms with Crippen molar-refractivity contribution in [2.24, 2.45) is 5.41 Å². The highest BCUT2D eigenvalue weighted by Crippen LogP contribution is 2.31. The van der Waals surface area contributed by atoms with Crippen LogP contribution in [0.3, 0.4) is 0 Å². The molecule has 3 heteroatoms. The summed E-state index contributed by atoms with van der Waals surface area (Å²) in [5.41, 5.74) is 0.502. The van der Waals surface area contributed by atoms with Gasteiger partial charge in [0.1, 0.15) is 0 Å². The molecule has 0 saturated carbocycles. The first-order valence-electron chi connectivity index (χ1n) is 7.75. The fourth-order valence-corrected chi connectivity index (χ4v) is 3.21. The van der Waals surface area contributed by atoms with Gasteiger partial charge in [0.05, 0.1) is 0 Å². The van der Waals surface area contributed by atoms with E-state index in [9.17, 15) is 0 Å². The fraction of sp³-hybridized carbons (Fsp3) is 1.00. The number of ether oxygens (including phenoxy) is 1. The van der Waals surface area contributed by atoms with Crippen molar-refractivity contribution in [3.63, 3.8) is 0 Å². The number of hydrogen-bond donors (Lipinski definition) is 1. The van der Waals surface area contributed by atoms with Crippen LogP contribution in [0.5, 0.6) is 0 Å². The topological polar surface area (TPSA) is 24.5 Å². The van der Waals surface area contributed by atoms with Crippen molar-refractivity contribution in [2.75, 3.05) is 39.4 Å². The molecule has 0 aromatic rings. The van der Waals surface area contributed by atoms with Crippen LogP contribution in [0.1, 0.15) is 46.0 Å². The Morgan fingerprint density at radius 1 is 1.22 bits per heavy atom. The molecule has 1 N–H and O–H groups in total. The molecule has 0 bridgehead atoms. The highest BCUT2D eigenvalue weighted by molar-refractivity contribution is 4.84. The Bertz CT molecular complexity index is 231. The molecular formula is C15H30N2O. The summed E-state index contributed by atoms with van der Waals surface area (Å²) in [6, 6.07) is 0.767. The highest BCUT2D eigenvalue weighted by Gasteiger charge is 2.31. The van der Waals surface area contributed by atoms with Gasteiger partial charge in [0.2, 0.25) is 0 Å². The minimum Gasteiger partial charge on any atom is -0.381 e. The molecule has 0 unspecified atom stereocenters. The Balaban J connectivity index is 1.69. The molecule has 18 heavy (non-hydrogen) atoms. The van der Waals surface area contributed by atoms with Gasteiger partial charge in [0.15, 0.2) is 0 Å². The van der Waals surface area contributed by atoms with Crippen molar-refractivity contribution in [1.82, 2.24) is 10.2 Å². The maximum Gasteiger partial charge on any atom is 0.0471 e. The zero-order chi connectivity index (χ0) is 12.8. The monoisotopic (exact) mass is 254 g/mol. The lowest BCUT2D eigenvalue weighted by molar-refractivity contribution is 0.000791. The molecule has 0 radical (unpaired) electrons. The Labute approximate surface area is 112 Å². The summed E-state index contributed by atoms with van der Waals surface area (Å²) >= 11 is 0. The molecule has 0 spiro atoms. The van der Waals surface area contributed by atoms with E-state index in [4.69, 9.17) is 4.74 Å². The van der Waals surface area contributed by atoms with Gasteiger partial charge in [-0.1, -0.05) is 13.8 Å². The van der Waals surface area contributed by atoms with Crippen molar-refractivity contribution in [3.05, 3.63) is 0 Å². The fourth-order valence-electron chi connectivity index (χ4n) is 3.21. The number of rotatable bonds is 5. The molecule has 2 rings (SSSR count). The van der Waals surface area contributed by atoms with E-state index in [0.29, 0.717) is 5.41 Å². The van der Waals surface area contributed by atoms with Crippen LogP contribution >= 0.6 is 0 Å². The highest BCUT2D eigenvalue weighted by atomic mass is 16.5. The van der Waals surface area contributed by atoms with E-state index in [-0.39, 0.29) is 0 Å². The number of hydrogen-bond acceptors (Lipinski definition) is 3. The standard InChI is InChI=1S/C15H30N2O/c1-3-8-16-14-4-9-17(10-5-14)13-15(2)6-11-18-12-7-15/h14,16H,3-13H2,1-2H3. The van der Waals surface area contributed by atoms with E-state index >= 15 is 0 Å². The Kier molecular flexibility index (Phi) is 5.46.